The van der Waals surface area contributed by atoms with Crippen LogP contribution in [0.25, 0.3) is 11.0 Å². The van der Waals surface area contributed by atoms with Crippen LogP contribution in [0.4, 0.5) is 13.2 Å². The van der Waals surface area contributed by atoms with Crippen molar-refractivity contribution in [1.29, 1.82) is 0 Å². The summed E-state index contributed by atoms with van der Waals surface area (Å²) in [7, 11) is 1.53. The summed E-state index contributed by atoms with van der Waals surface area (Å²) in [6, 6.07) is 9.91. The number of benzene rings is 1. The summed E-state index contributed by atoms with van der Waals surface area (Å²) in [6.07, 6.45) is -3.36. The summed E-state index contributed by atoms with van der Waals surface area (Å²) in [6.45, 7) is 0.310. The van der Waals surface area contributed by atoms with Gasteiger partial charge in [0, 0.05) is 43.9 Å². The number of likely N-dealkylation sites (tertiary alicyclic amines) is 1. The molecule has 2 amide bonds. The van der Waals surface area contributed by atoms with E-state index in [1.54, 1.807) is 36.4 Å². The zero-order chi connectivity index (χ0) is 29.0. The Labute approximate surface area is 228 Å². The molecule has 40 heavy (non-hydrogen) atoms. The highest BCUT2D eigenvalue weighted by atomic mass is 19.4. The molecule has 1 aliphatic heterocycles. The largest absolute Gasteiger partial charge is 0.481 e. The number of piperidine rings is 1. The van der Waals surface area contributed by atoms with Crippen LogP contribution in [0.1, 0.15) is 51.9 Å². The number of carbonyl (C=O) groups excluding carboxylic acids is 3. The minimum atomic E-state index is -4.65. The summed E-state index contributed by atoms with van der Waals surface area (Å²) < 4.78 is 46.2. The number of aryl methyl sites for hydroxylation is 2. The zero-order valence-electron chi connectivity index (χ0n) is 22.3. The fraction of sp³-hybridized carbons (Fsp3) is 0.429. The first-order valence-corrected chi connectivity index (χ1v) is 13.0. The van der Waals surface area contributed by atoms with E-state index in [9.17, 15) is 27.6 Å². The van der Waals surface area contributed by atoms with Gasteiger partial charge in [-0.25, -0.2) is 4.98 Å². The van der Waals surface area contributed by atoms with E-state index in [1.165, 1.54) is 16.5 Å². The molecule has 3 aromatic rings. The van der Waals surface area contributed by atoms with Gasteiger partial charge in [0.2, 0.25) is 5.91 Å². The van der Waals surface area contributed by atoms with Crippen LogP contribution in [0, 0.1) is 0 Å². The van der Waals surface area contributed by atoms with Crippen LogP contribution in [0.15, 0.2) is 36.4 Å². The fourth-order valence-corrected chi connectivity index (χ4v) is 4.93. The number of nitrogens with one attached hydrogen (secondary N) is 1. The molecule has 1 fully saturated rings. The average molecular weight is 561 g/mol. The number of aliphatic hydroxyl groups excluding tert-OH is 1. The van der Waals surface area contributed by atoms with Crippen LogP contribution in [-0.4, -0.2) is 75.7 Å². The van der Waals surface area contributed by atoms with E-state index in [4.69, 9.17) is 9.84 Å². The third-order valence-electron chi connectivity index (χ3n) is 6.98. The van der Waals surface area contributed by atoms with Gasteiger partial charge in [-0.15, -0.1) is 0 Å². The molecule has 2 aromatic heterocycles. The number of fused-ring (bicyclic) bond motifs is 1. The predicted octanol–water partition coefficient (Wildman–Crippen LogP) is 3.22. The van der Waals surface area contributed by atoms with Crippen LogP contribution in [0.2, 0.25) is 0 Å². The van der Waals surface area contributed by atoms with E-state index >= 15 is 0 Å². The highest BCUT2D eigenvalue weighted by Crippen LogP contribution is 2.35. The fourth-order valence-electron chi connectivity index (χ4n) is 4.93. The number of hydrogen-bond acceptors (Lipinski definition) is 6. The van der Waals surface area contributed by atoms with E-state index in [1.807, 2.05) is 6.92 Å². The van der Waals surface area contributed by atoms with E-state index in [0.29, 0.717) is 49.2 Å². The summed E-state index contributed by atoms with van der Waals surface area (Å²) in [5, 5.41) is 12.1. The number of nitrogens with zero attached hydrogens (tertiary/aromatic N) is 3. The van der Waals surface area contributed by atoms with Crippen LogP contribution in [-0.2, 0) is 24.7 Å². The maximum absolute atomic E-state index is 13.4. The van der Waals surface area contributed by atoms with Crippen LogP contribution < -0.4 is 10.1 Å². The van der Waals surface area contributed by atoms with Crippen molar-refractivity contribution in [2.24, 2.45) is 7.05 Å². The Morgan fingerprint density at radius 1 is 1.15 bits per heavy atom. The molecule has 0 atom stereocenters. The molecule has 0 aliphatic carbocycles. The maximum atomic E-state index is 13.4. The predicted molar refractivity (Wildman–Crippen MR) is 140 cm³/mol. The topological polar surface area (TPSA) is 114 Å². The van der Waals surface area contributed by atoms with Gasteiger partial charge >= 0.3 is 6.18 Å². The highest BCUT2D eigenvalue weighted by molar-refractivity contribution is 6.04. The Hall–Kier alpha value is -3.93. The van der Waals surface area contributed by atoms with Gasteiger partial charge in [-0.2, -0.15) is 13.2 Å². The Balaban J connectivity index is 1.69. The van der Waals surface area contributed by atoms with Gasteiger partial charge in [-0.1, -0.05) is 37.3 Å². The van der Waals surface area contributed by atoms with E-state index in [0.717, 1.165) is 0 Å². The first-order chi connectivity index (χ1) is 19.0. The molecule has 214 valence electrons. The van der Waals surface area contributed by atoms with E-state index in [-0.39, 0.29) is 40.7 Å². The minimum Gasteiger partial charge on any atom is -0.481 e. The molecular formula is C28H31F3N4O5. The lowest BCUT2D eigenvalue weighted by Gasteiger charge is -2.32. The third-order valence-corrected chi connectivity index (χ3v) is 6.98. The number of hydrogen-bond donors (Lipinski definition) is 2. The first kappa shape index (κ1) is 29.1. The molecule has 3 heterocycles. The molecule has 0 bridgehead atoms. The second-order valence-electron chi connectivity index (χ2n) is 9.71. The molecule has 0 saturated carbocycles. The number of Topliss-reactive ketones (excluding diaryl/α,β-unsaturated/α-hetero) is 1. The Kier molecular flexibility index (Phi) is 8.77. The molecule has 1 aromatic carbocycles. The monoisotopic (exact) mass is 560 g/mol. The number of aromatic nitrogens is 2. The van der Waals surface area contributed by atoms with E-state index in [2.05, 4.69) is 10.3 Å². The molecule has 1 saturated heterocycles. The highest BCUT2D eigenvalue weighted by Gasteiger charge is 2.33. The van der Waals surface area contributed by atoms with Crippen molar-refractivity contribution in [1.82, 2.24) is 19.8 Å². The second kappa shape index (κ2) is 12.1. The number of ether oxygens (including phenoxy) is 1. The van der Waals surface area contributed by atoms with Crippen LogP contribution >= 0.6 is 0 Å². The number of halogens is 3. The van der Waals surface area contributed by atoms with Crippen molar-refractivity contribution in [2.75, 3.05) is 26.3 Å². The molecule has 0 radical (unpaired) electrons. The molecule has 0 spiro atoms. The first-order valence-electron chi connectivity index (χ1n) is 13.0. The number of aliphatic hydroxyl groups is 1. The number of amides is 2. The molecular weight excluding hydrogens is 529 g/mol. The average Bonchev–Trinajstić information content (AvgIpc) is 3.21. The lowest BCUT2D eigenvalue weighted by atomic mass is 10.00. The number of carbonyl (C=O) groups is 3. The van der Waals surface area contributed by atoms with Gasteiger partial charge in [0.15, 0.2) is 23.8 Å². The molecule has 12 heteroatoms. The van der Waals surface area contributed by atoms with Crippen molar-refractivity contribution in [2.45, 2.75) is 44.8 Å². The molecule has 0 unspecified atom stereocenters. The minimum absolute atomic E-state index is 0.0175. The lowest BCUT2D eigenvalue weighted by molar-refractivity contribution is -0.153. The molecule has 2 N–H and O–H groups in total. The summed E-state index contributed by atoms with van der Waals surface area (Å²) >= 11 is 0. The van der Waals surface area contributed by atoms with Crippen molar-refractivity contribution in [3.05, 3.63) is 58.9 Å². The Morgan fingerprint density at radius 3 is 2.42 bits per heavy atom. The quantitative estimate of drug-likeness (QED) is 0.389. The maximum Gasteiger partial charge on any atom is 0.422 e. The normalized spacial score (nSPS) is 14.4. The number of pyridine rings is 1. The van der Waals surface area contributed by atoms with Crippen molar-refractivity contribution in [3.63, 3.8) is 0 Å². The summed E-state index contributed by atoms with van der Waals surface area (Å²) in [5.74, 6) is -1.47. The Bertz CT molecular complexity index is 1400. The lowest BCUT2D eigenvalue weighted by Crippen LogP contribution is -2.47. The van der Waals surface area contributed by atoms with Crippen LogP contribution in [0.5, 0.6) is 5.75 Å². The number of ketones is 1. The van der Waals surface area contributed by atoms with Gasteiger partial charge in [0.25, 0.3) is 5.91 Å². The van der Waals surface area contributed by atoms with Gasteiger partial charge in [0.05, 0.1) is 5.39 Å². The SMILES string of the molecule is CCc1nc2c(cc1CC(=O)c1ccccc1)c(OCC(F)(F)F)c(C(=O)NC1CCN(C(=O)CO)CC1)n2C. The molecule has 4 rings (SSSR count). The second-order valence-corrected chi connectivity index (χ2v) is 9.71. The van der Waals surface area contributed by atoms with Crippen molar-refractivity contribution in [3.8, 4) is 5.75 Å². The van der Waals surface area contributed by atoms with Crippen molar-refractivity contribution < 1.29 is 37.4 Å². The smallest absolute Gasteiger partial charge is 0.422 e. The van der Waals surface area contributed by atoms with Gasteiger partial charge in [-0.3, -0.25) is 14.4 Å². The van der Waals surface area contributed by atoms with Gasteiger partial charge in [0.1, 0.15) is 12.3 Å². The summed E-state index contributed by atoms with van der Waals surface area (Å²) in [4.78, 5) is 44.2. The molecule has 9 nitrogen and oxygen atoms in total. The summed E-state index contributed by atoms with van der Waals surface area (Å²) in [5.41, 5.74) is 1.78. The zero-order valence-corrected chi connectivity index (χ0v) is 22.3. The van der Waals surface area contributed by atoms with Gasteiger partial charge in [-0.05, 0) is 30.9 Å². The van der Waals surface area contributed by atoms with Crippen LogP contribution in [0.3, 0.4) is 0 Å². The Morgan fingerprint density at radius 2 is 1.82 bits per heavy atom. The third kappa shape index (κ3) is 6.44. The molecule has 1 aliphatic rings. The van der Waals surface area contributed by atoms with Crippen molar-refractivity contribution >= 4 is 28.6 Å². The number of rotatable bonds is 9. The number of alkyl halides is 3. The van der Waals surface area contributed by atoms with E-state index < -0.39 is 31.2 Å². The van der Waals surface area contributed by atoms with Gasteiger partial charge < -0.3 is 24.6 Å². The standard InChI is InChI=1S/C28H31F3N4O5/c1-3-21-18(14-22(37)17-7-5-4-6-8-17)13-20-25(40-16-28(29,30)31)24(34(2)26(20)33-21)27(39)32-19-9-11-35(12-10-19)23(38)15-36/h4-8,13,19,36H,3,9-12,14-16H2,1-2H3,(H,32,39).